The molecular formula is C21H36IN3O2S. The third kappa shape index (κ3) is 8.68. The van der Waals surface area contributed by atoms with Crippen LogP contribution in [0.2, 0.25) is 0 Å². The van der Waals surface area contributed by atoms with E-state index in [1.54, 1.807) is 7.05 Å². The number of hydrogen-bond donors (Lipinski definition) is 2. The van der Waals surface area contributed by atoms with E-state index in [-0.39, 0.29) is 35.5 Å². The van der Waals surface area contributed by atoms with Crippen molar-refractivity contribution in [2.75, 3.05) is 25.9 Å². The molecule has 1 aliphatic carbocycles. The van der Waals surface area contributed by atoms with Crippen molar-refractivity contribution in [2.24, 2.45) is 16.3 Å². The zero-order chi connectivity index (χ0) is 19.8. The second kappa shape index (κ2) is 12.0. The SMILES string of the molecule is CN=C(NCCCS(=O)(=O)Cc1ccccc1)NCC1(CC(C)C)CCC1.I. The number of benzene rings is 1. The smallest absolute Gasteiger partial charge is 0.190 e. The normalized spacial score (nSPS) is 16.2. The lowest BCUT2D eigenvalue weighted by molar-refractivity contribution is 0.104. The highest BCUT2D eigenvalue weighted by Gasteiger charge is 2.37. The van der Waals surface area contributed by atoms with Crippen LogP contribution in [-0.2, 0) is 15.6 Å². The summed E-state index contributed by atoms with van der Waals surface area (Å²) < 4.78 is 24.5. The lowest BCUT2D eigenvalue weighted by Crippen LogP contribution is -2.47. The Hall–Kier alpha value is -0.830. The molecule has 0 bridgehead atoms. The minimum atomic E-state index is -3.08. The van der Waals surface area contributed by atoms with Crippen molar-refractivity contribution < 1.29 is 8.42 Å². The highest BCUT2D eigenvalue weighted by Crippen LogP contribution is 2.45. The van der Waals surface area contributed by atoms with Gasteiger partial charge in [-0.05, 0) is 42.6 Å². The Kier molecular flexibility index (Phi) is 10.8. The van der Waals surface area contributed by atoms with Crippen LogP contribution in [0, 0.1) is 11.3 Å². The topological polar surface area (TPSA) is 70.6 Å². The highest BCUT2D eigenvalue weighted by atomic mass is 127. The van der Waals surface area contributed by atoms with E-state index in [2.05, 4.69) is 29.5 Å². The van der Waals surface area contributed by atoms with Crippen LogP contribution in [0.4, 0.5) is 0 Å². The molecule has 1 fully saturated rings. The highest BCUT2D eigenvalue weighted by molar-refractivity contribution is 14.0. The molecule has 1 aromatic carbocycles. The van der Waals surface area contributed by atoms with Gasteiger partial charge in [0, 0.05) is 20.1 Å². The molecule has 1 aliphatic rings. The molecule has 0 unspecified atom stereocenters. The van der Waals surface area contributed by atoms with Crippen molar-refractivity contribution in [1.29, 1.82) is 0 Å². The van der Waals surface area contributed by atoms with Gasteiger partial charge < -0.3 is 10.6 Å². The zero-order valence-corrected chi connectivity index (χ0v) is 20.6. The summed E-state index contributed by atoms with van der Waals surface area (Å²) in [5.41, 5.74) is 1.25. The van der Waals surface area contributed by atoms with Gasteiger partial charge in [-0.25, -0.2) is 8.42 Å². The molecular weight excluding hydrogens is 485 g/mol. The van der Waals surface area contributed by atoms with E-state index in [9.17, 15) is 8.42 Å². The average molecular weight is 522 g/mol. The maximum Gasteiger partial charge on any atom is 0.190 e. The first-order chi connectivity index (χ1) is 12.8. The second-order valence-corrected chi connectivity index (χ2v) is 10.4. The summed E-state index contributed by atoms with van der Waals surface area (Å²) in [6.45, 7) is 6.11. The van der Waals surface area contributed by atoms with Crippen LogP contribution in [0.1, 0.15) is 51.5 Å². The Morgan fingerprint density at radius 1 is 1.18 bits per heavy atom. The first-order valence-corrected chi connectivity index (χ1v) is 11.9. The molecule has 0 amide bonds. The Balaban J connectivity index is 0.00000392. The number of sulfone groups is 1. The number of guanidine groups is 1. The van der Waals surface area contributed by atoms with Gasteiger partial charge in [0.05, 0.1) is 11.5 Å². The van der Waals surface area contributed by atoms with E-state index < -0.39 is 9.84 Å². The summed E-state index contributed by atoms with van der Waals surface area (Å²) in [5.74, 6) is 1.77. The number of nitrogens with one attached hydrogen (secondary N) is 2. The molecule has 1 saturated carbocycles. The number of rotatable bonds is 10. The molecule has 7 heteroatoms. The van der Waals surface area contributed by atoms with Gasteiger partial charge >= 0.3 is 0 Å². The number of aliphatic imine (C=N–C) groups is 1. The van der Waals surface area contributed by atoms with E-state index >= 15 is 0 Å². The maximum absolute atomic E-state index is 12.2. The monoisotopic (exact) mass is 521 g/mol. The molecule has 0 radical (unpaired) electrons. The standard InChI is InChI=1S/C21H35N3O2S.HI/c1-18(2)15-21(11-7-12-21)17-24-20(22-3)23-13-8-14-27(25,26)16-19-9-5-4-6-10-19;/h4-6,9-10,18H,7-8,11-17H2,1-3H3,(H2,22,23,24);1H. The Morgan fingerprint density at radius 2 is 1.86 bits per heavy atom. The first-order valence-electron chi connectivity index (χ1n) is 10.0. The van der Waals surface area contributed by atoms with Gasteiger partial charge in [-0.15, -0.1) is 24.0 Å². The van der Waals surface area contributed by atoms with E-state index in [4.69, 9.17) is 0 Å². The van der Waals surface area contributed by atoms with Crippen molar-refractivity contribution in [3.05, 3.63) is 35.9 Å². The van der Waals surface area contributed by atoms with E-state index in [0.717, 1.165) is 18.1 Å². The summed E-state index contributed by atoms with van der Waals surface area (Å²) in [6, 6.07) is 9.35. The van der Waals surface area contributed by atoms with E-state index in [1.165, 1.54) is 25.7 Å². The maximum atomic E-state index is 12.2. The van der Waals surface area contributed by atoms with Gasteiger partial charge in [0.15, 0.2) is 15.8 Å². The molecule has 0 aliphatic heterocycles. The summed E-state index contributed by atoms with van der Waals surface area (Å²) in [4.78, 5) is 4.28. The quantitative estimate of drug-likeness (QED) is 0.212. The first kappa shape index (κ1) is 25.2. The second-order valence-electron chi connectivity index (χ2n) is 8.24. The third-order valence-corrected chi connectivity index (χ3v) is 6.95. The lowest BCUT2D eigenvalue weighted by Gasteiger charge is -2.43. The van der Waals surface area contributed by atoms with Gasteiger partial charge in [-0.2, -0.15) is 0 Å². The molecule has 1 aromatic rings. The average Bonchev–Trinajstić information content (AvgIpc) is 2.58. The molecule has 0 heterocycles. The fourth-order valence-corrected chi connectivity index (χ4v) is 5.32. The van der Waals surface area contributed by atoms with Gasteiger partial charge in [-0.1, -0.05) is 50.6 Å². The Morgan fingerprint density at radius 3 is 2.39 bits per heavy atom. The van der Waals surface area contributed by atoms with Crippen molar-refractivity contribution in [3.8, 4) is 0 Å². The molecule has 2 rings (SSSR count). The predicted octanol–water partition coefficient (Wildman–Crippen LogP) is 3.99. The van der Waals surface area contributed by atoms with Crippen LogP contribution in [0.25, 0.3) is 0 Å². The molecule has 0 aromatic heterocycles. The predicted molar refractivity (Wildman–Crippen MR) is 129 cm³/mol. The minimum absolute atomic E-state index is 0. The van der Waals surface area contributed by atoms with Crippen LogP contribution in [0.15, 0.2) is 35.3 Å². The Labute approximate surface area is 188 Å². The lowest BCUT2D eigenvalue weighted by atomic mass is 9.64. The van der Waals surface area contributed by atoms with Crippen LogP contribution in [0.5, 0.6) is 0 Å². The van der Waals surface area contributed by atoms with Gasteiger partial charge in [-0.3, -0.25) is 4.99 Å². The van der Waals surface area contributed by atoms with E-state index in [0.29, 0.717) is 24.3 Å². The number of halogens is 1. The third-order valence-electron chi connectivity index (χ3n) is 5.26. The van der Waals surface area contributed by atoms with Crippen molar-refractivity contribution in [2.45, 2.75) is 51.7 Å². The molecule has 2 N–H and O–H groups in total. The molecule has 160 valence electrons. The fraction of sp³-hybridized carbons (Fsp3) is 0.667. The fourth-order valence-electron chi connectivity index (χ4n) is 3.89. The summed E-state index contributed by atoms with van der Waals surface area (Å²) in [5, 5.41) is 6.70. The van der Waals surface area contributed by atoms with Gasteiger partial charge in [0.25, 0.3) is 0 Å². The summed E-state index contributed by atoms with van der Waals surface area (Å²) >= 11 is 0. The molecule has 0 atom stereocenters. The summed E-state index contributed by atoms with van der Waals surface area (Å²) in [6.07, 6.45) is 5.71. The van der Waals surface area contributed by atoms with Gasteiger partial charge in [0.2, 0.25) is 0 Å². The molecule has 0 saturated heterocycles. The summed E-state index contributed by atoms with van der Waals surface area (Å²) in [7, 11) is -1.32. The van der Waals surface area contributed by atoms with Crippen LogP contribution < -0.4 is 10.6 Å². The van der Waals surface area contributed by atoms with Crippen molar-refractivity contribution in [1.82, 2.24) is 10.6 Å². The van der Waals surface area contributed by atoms with Crippen LogP contribution >= 0.6 is 24.0 Å². The van der Waals surface area contributed by atoms with Crippen LogP contribution in [0.3, 0.4) is 0 Å². The molecule has 28 heavy (non-hydrogen) atoms. The van der Waals surface area contributed by atoms with Crippen LogP contribution in [-0.4, -0.2) is 40.3 Å². The zero-order valence-electron chi connectivity index (χ0n) is 17.4. The van der Waals surface area contributed by atoms with Crippen molar-refractivity contribution in [3.63, 3.8) is 0 Å². The van der Waals surface area contributed by atoms with Crippen molar-refractivity contribution >= 4 is 39.8 Å². The largest absolute Gasteiger partial charge is 0.356 e. The van der Waals surface area contributed by atoms with Gasteiger partial charge in [0.1, 0.15) is 0 Å². The molecule has 0 spiro atoms. The molecule has 5 nitrogen and oxygen atoms in total. The Bertz CT molecular complexity index is 702. The number of hydrogen-bond acceptors (Lipinski definition) is 3. The minimum Gasteiger partial charge on any atom is -0.356 e. The van der Waals surface area contributed by atoms with E-state index in [1.807, 2.05) is 30.3 Å². The number of nitrogens with zero attached hydrogens (tertiary/aromatic N) is 1.